The molecule has 4 nitrogen and oxygen atoms in total. The van der Waals surface area contributed by atoms with Crippen molar-refractivity contribution in [3.8, 4) is 0 Å². The number of likely N-dealkylation sites (N-methyl/N-ethyl adjacent to an activating group) is 1. The van der Waals surface area contributed by atoms with Crippen LogP contribution in [0.3, 0.4) is 0 Å². The monoisotopic (exact) mass is 295 g/mol. The van der Waals surface area contributed by atoms with Crippen LogP contribution in [0.2, 0.25) is 0 Å². The zero-order valence-corrected chi connectivity index (χ0v) is 13.7. The number of rotatable bonds is 6. The molecule has 0 aliphatic heterocycles. The zero-order chi connectivity index (χ0) is 15.1. The van der Waals surface area contributed by atoms with Crippen LogP contribution in [0, 0.1) is 5.92 Å². The molecule has 3 N–H and O–H groups in total. The molecule has 0 saturated heterocycles. The van der Waals surface area contributed by atoms with Gasteiger partial charge in [-0.05, 0) is 44.7 Å². The third kappa shape index (κ3) is 4.96. The standard InChI is InChI=1S/C17H33N3O/c1-2-20(16-11-7-6-8-14(16)12-18)13-17(21)19-15-9-4-3-5-10-15/h14-16H,2-13,18H2,1H3,(H,19,21). The van der Waals surface area contributed by atoms with Gasteiger partial charge in [0.15, 0.2) is 0 Å². The molecule has 2 rings (SSSR count). The molecule has 2 fully saturated rings. The fraction of sp³-hybridized carbons (Fsp3) is 0.941. The Labute approximate surface area is 129 Å². The van der Waals surface area contributed by atoms with Crippen LogP contribution in [0.25, 0.3) is 0 Å². The van der Waals surface area contributed by atoms with Gasteiger partial charge in [0, 0.05) is 12.1 Å². The first-order valence-corrected chi connectivity index (χ1v) is 8.98. The highest BCUT2D eigenvalue weighted by molar-refractivity contribution is 5.78. The Kier molecular flexibility index (Phi) is 6.97. The van der Waals surface area contributed by atoms with Gasteiger partial charge in [-0.3, -0.25) is 9.69 Å². The highest BCUT2D eigenvalue weighted by Crippen LogP contribution is 2.27. The van der Waals surface area contributed by atoms with Crippen LogP contribution in [0.5, 0.6) is 0 Å². The van der Waals surface area contributed by atoms with E-state index in [0.717, 1.165) is 25.9 Å². The molecule has 0 spiro atoms. The van der Waals surface area contributed by atoms with Crippen molar-refractivity contribution in [2.24, 2.45) is 11.7 Å². The van der Waals surface area contributed by atoms with E-state index in [1.165, 1.54) is 44.9 Å². The van der Waals surface area contributed by atoms with Gasteiger partial charge in [-0.25, -0.2) is 0 Å². The number of hydrogen-bond donors (Lipinski definition) is 2. The maximum absolute atomic E-state index is 12.3. The van der Waals surface area contributed by atoms with Gasteiger partial charge in [0.1, 0.15) is 0 Å². The molecule has 2 unspecified atom stereocenters. The van der Waals surface area contributed by atoms with Gasteiger partial charge in [0.2, 0.25) is 5.91 Å². The maximum Gasteiger partial charge on any atom is 0.234 e. The summed E-state index contributed by atoms with van der Waals surface area (Å²) in [4.78, 5) is 14.7. The van der Waals surface area contributed by atoms with E-state index in [1.807, 2.05) is 0 Å². The fourth-order valence-corrected chi connectivity index (χ4v) is 4.11. The van der Waals surface area contributed by atoms with Crippen molar-refractivity contribution in [2.45, 2.75) is 76.8 Å². The summed E-state index contributed by atoms with van der Waals surface area (Å²) in [5.41, 5.74) is 5.94. The summed E-state index contributed by atoms with van der Waals surface area (Å²) in [6, 6.07) is 0.924. The van der Waals surface area contributed by atoms with Gasteiger partial charge in [-0.2, -0.15) is 0 Å². The van der Waals surface area contributed by atoms with E-state index in [9.17, 15) is 4.79 Å². The number of hydrogen-bond acceptors (Lipinski definition) is 3. The molecule has 0 bridgehead atoms. The summed E-state index contributed by atoms with van der Waals surface area (Å²) in [6.07, 6.45) is 11.2. The molecule has 2 aliphatic carbocycles. The van der Waals surface area contributed by atoms with Crippen molar-refractivity contribution in [2.75, 3.05) is 19.6 Å². The average Bonchev–Trinajstić information content (AvgIpc) is 2.53. The molecule has 2 atom stereocenters. The molecule has 4 heteroatoms. The topological polar surface area (TPSA) is 58.4 Å². The lowest BCUT2D eigenvalue weighted by Crippen LogP contribution is -2.50. The van der Waals surface area contributed by atoms with Crippen molar-refractivity contribution in [1.29, 1.82) is 0 Å². The lowest BCUT2D eigenvalue weighted by Gasteiger charge is -2.39. The second-order valence-corrected chi connectivity index (χ2v) is 6.81. The Hall–Kier alpha value is -0.610. The van der Waals surface area contributed by atoms with Crippen molar-refractivity contribution < 1.29 is 4.79 Å². The summed E-state index contributed by atoms with van der Waals surface area (Å²) < 4.78 is 0. The molecule has 0 radical (unpaired) electrons. The summed E-state index contributed by atoms with van der Waals surface area (Å²) in [5, 5.41) is 3.24. The van der Waals surface area contributed by atoms with Crippen molar-refractivity contribution >= 4 is 5.91 Å². The maximum atomic E-state index is 12.3. The second-order valence-electron chi connectivity index (χ2n) is 6.81. The van der Waals surface area contributed by atoms with E-state index in [2.05, 4.69) is 17.1 Å². The summed E-state index contributed by atoms with van der Waals surface area (Å²) in [6.45, 7) is 4.41. The Morgan fingerprint density at radius 2 is 1.76 bits per heavy atom. The fourth-order valence-electron chi connectivity index (χ4n) is 4.11. The highest BCUT2D eigenvalue weighted by Gasteiger charge is 2.29. The molecule has 0 aromatic heterocycles. The van der Waals surface area contributed by atoms with Crippen LogP contribution < -0.4 is 11.1 Å². The lowest BCUT2D eigenvalue weighted by atomic mass is 9.83. The van der Waals surface area contributed by atoms with Gasteiger partial charge < -0.3 is 11.1 Å². The minimum atomic E-state index is 0.213. The quantitative estimate of drug-likeness (QED) is 0.790. The Morgan fingerprint density at radius 1 is 1.10 bits per heavy atom. The molecule has 21 heavy (non-hydrogen) atoms. The predicted molar refractivity (Wildman–Crippen MR) is 87.1 cm³/mol. The minimum absolute atomic E-state index is 0.213. The molecule has 0 aromatic carbocycles. The van der Waals surface area contributed by atoms with Crippen molar-refractivity contribution in [3.63, 3.8) is 0 Å². The minimum Gasteiger partial charge on any atom is -0.352 e. The van der Waals surface area contributed by atoms with Gasteiger partial charge in [0.25, 0.3) is 0 Å². The first-order valence-electron chi connectivity index (χ1n) is 8.98. The molecule has 0 heterocycles. The number of nitrogens with one attached hydrogen (secondary N) is 1. The first-order chi connectivity index (χ1) is 10.2. The van der Waals surface area contributed by atoms with Gasteiger partial charge in [-0.1, -0.05) is 39.0 Å². The van der Waals surface area contributed by atoms with Crippen LogP contribution >= 0.6 is 0 Å². The van der Waals surface area contributed by atoms with Crippen LogP contribution in [-0.4, -0.2) is 42.5 Å². The summed E-state index contributed by atoms with van der Waals surface area (Å²) >= 11 is 0. The largest absolute Gasteiger partial charge is 0.352 e. The molecular weight excluding hydrogens is 262 g/mol. The van der Waals surface area contributed by atoms with Crippen molar-refractivity contribution in [1.82, 2.24) is 10.2 Å². The molecular formula is C17H33N3O. The van der Waals surface area contributed by atoms with E-state index in [1.54, 1.807) is 0 Å². The first kappa shape index (κ1) is 16.8. The third-order valence-electron chi connectivity index (χ3n) is 5.36. The lowest BCUT2D eigenvalue weighted by molar-refractivity contribution is -0.124. The van der Waals surface area contributed by atoms with Crippen LogP contribution in [0.15, 0.2) is 0 Å². The van der Waals surface area contributed by atoms with Gasteiger partial charge >= 0.3 is 0 Å². The van der Waals surface area contributed by atoms with Crippen LogP contribution in [0.1, 0.15) is 64.7 Å². The summed E-state index contributed by atoms with van der Waals surface area (Å²) in [7, 11) is 0. The van der Waals surface area contributed by atoms with E-state index in [4.69, 9.17) is 5.73 Å². The van der Waals surface area contributed by atoms with Crippen LogP contribution in [-0.2, 0) is 4.79 Å². The molecule has 122 valence electrons. The smallest absolute Gasteiger partial charge is 0.234 e. The Bertz CT molecular complexity index is 315. The molecule has 2 aliphatic rings. The van der Waals surface area contributed by atoms with Crippen LogP contribution in [0.4, 0.5) is 0 Å². The number of carbonyl (C=O) groups is 1. The van der Waals surface area contributed by atoms with Gasteiger partial charge in [-0.15, -0.1) is 0 Å². The number of nitrogens with two attached hydrogens (primary N) is 1. The predicted octanol–water partition coefficient (Wildman–Crippen LogP) is 2.27. The molecule has 2 saturated carbocycles. The normalized spacial score (nSPS) is 27.8. The average molecular weight is 295 g/mol. The SMILES string of the molecule is CCN(CC(=O)NC1CCCCC1)C1CCCCC1CN. The zero-order valence-electron chi connectivity index (χ0n) is 13.7. The van der Waals surface area contributed by atoms with Crippen molar-refractivity contribution in [3.05, 3.63) is 0 Å². The second kappa shape index (κ2) is 8.74. The Morgan fingerprint density at radius 3 is 2.43 bits per heavy atom. The van der Waals surface area contributed by atoms with E-state index in [-0.39, 0.29) is 5.91 Å². The number of carbonyl (C=O) groups excluding carboxylic acids is 1. The third-order valence-corrected chi connectivity index (χ3v) is 5.36. The van der Waals surface area contributed by atoms with Gasteiger partial charge in [0.05, 0.1) is 6.54 Å². The van der Waals surface area contributed by atoms with E-state index >= 15 is 0 Å². The van der Waals surface area contributed by atoms with E-state index in [0.29, 0.717) is 24.5 Å². The highest BCUT2D eigenvalue weighted by atomic mass is 16.2. The molecule has 0 aromatic rings. The number of amides is 1. The number of nitrogens with zero attached hydrogens (tertiary/aromatic N) is 1. The Balaban J connectivity index is 1.83. The summed E-state index contributed by atoms with van der Waals surface area (Å²) in [5.74, 6) is 0.784. The van der Waals surface area contributed by atoms with E-state index < -0.39 is 0 Å². The molecule has 1 amide bonds.